The van der Waals surface area contributed by atoms with E-state index in [1.54, 1.807) is 0 Å². The van der Waals surface area contributed by atoms with Crippen LogP contribution in [0.3, 0.4) is 0 Å². The molecule has 0 saturated carbocycles. The van der Waals surface area contributed by atoms with E-state index in [9.17, 15) is 21.6 Å². The zero-order valence-corrected chi connectivity index (χ0v) is 16.7. The fourth-order valence-electron chi connectivity index (χ4n) is 1.05. The van der Waals surface area contributed by atoms with Crippen molar-refractivity contribution in [2.24, 2.45) is 0 Å². The van der Waals surface area contributed by atoms with Gasteiger partial charge in [-0.15, -0.1) is 6.54 Å². The molecule has 0 saturated heterocycles. The molecule has 114 valence electrons. The largest absolute Gasteiger partial charge is 0.538 e. The van der Waals surface area contributed by atoms with Gasteiger partial charge in [-0.25, -0.2) is 8.42 Å². The molecule has 0 aliphatic carbocycles. The van der Waals surface area contributed by atoms with Crippen molar-refractivity contribution in [3.05, 3.63) is 27.6 Å². The molecule has 0 N–H and O–H groups in total. The minimum Gasteiger partial charge on any atom is -0.538 e. The lowest BCUT2D eigenvalue weighted by Gasteiger charge is -2.22. The molecule has 0 aliphatic heterocycles. The molecular weight excluding hydrogens is 640 g/mol. The van der Waals surface area contributed by atoms with E-state index >= 15 is 0 Å². The average molecular weight is 646 g/mol. The van der Waals surface area contributed by atoms with E-state index in [4.69, 9.17) is 4.74 Å². The Balaban J connectivity index is 2.59. The summed E-state index contributed by atoms with van der Waals surface area (Å²) in [4.78, 5) is 0. The van der Waals surface area contributed by atoms with Crippen LogP contribution < -0.4 is 4.74 Å². The first kappa shape index (κ1) is 19.0. The molecule has 4 nitrogen and oxygen atoms in total. The second-order valence-corrected chi connectivity index (χ2v) is 8.56. The van der Waals surface area contributed by atoms with E-state index in [1.807, 2.05) is 57.3 Å². The third-order valence-corrected chi connectivity index (χ3v) is 5.19. The van der Waals surface area contributed by atoms with Crippen LogP contribution in [0.15, 0.2) is 12.1 Å². The van der Waals surface area contributed by atoms with Gasteiger partial charge in [0.25, 0.3) is 0 Å². The lowest BCUT2D eigenvalue weighted by molar-refractivity contribution is -0.0427. The maximum Gasteiger partial charge on any atom is 0.480 e. The smallest absolute Gasteiger partial charge is 0.480 e. The maximum absolute atomic E-state index is 12.0. The number of ether oxygens (including phenoxy) is 1. The molecule has 0 bridgehead atoms. The zero-order chi connectivity index (χ0) is 15.6. The van der Waals surface area contributed by atoms with Crippen LogP contribution in [0.5, 0.6) is 5.75 Å². The minimum absolute atomic E-state index is 0.248. The first-order valence-corrected chi connectivity index (χ1v) is 9.49. The molecule has 0 amide bonds. The average Bonchev–Trinajstić information content (AvgIpc) is 2.24. The summed E-state index contributed by atoms with van der Waals surface area (Å²) in [5.41, 5.74) is -5.36. The second-order valence-electron chi connectivity index (χ2n) is 3.32. The monoisotopic (exact) mass is 646 g/mol. The molecule has 20 heavy (non-hydrogen) atoms. The van der Waals surface area contributed by atoms with E-state index in [0.29, 0.717) is 5.75 Å². The van der Waals surface area contributed by atoms with Crippen LogP contribution in [0.25, 0.3) is 4.72 Å². The Morgan fingerprint density at radius 1 is 1.15 bits per heavy atom. The quantitative estimate of drug-likeness (QED) is 0.358. The van der Waals surface area contributed by atoms with Crippen molar-refractivity contribution in [2.45, 2.75) is 5.51 Å². The lowest BCUT2D eigenvalue weighted by atomic mass is 10.3. The highest BCUT2D eigenvalue weighted by Crippen LogP contribution is 2.30. The van der Waals surface area contributed by atoms with Crippen LogP contribution in [0.4, 0.5) is 13.2 Å². The van der Waals surface area contributed by atoms with Crippen molar-refractivity contribution in [3.63, 3.8) is 0 Å². The standard InChI is InChI=1S/C9H6F3I3NO3S/c10-9(11,12)20(17,18)16-1-2-19-8-6(14)3-5(13)4-7(8)15/h3-4H,1-2H2/q-1. The summed E-state index contributed by atoms with van der Waals surface area (Å²) in [6.45, 7) is -0.831. The van der Waals surface area contributed by atoms with Crippen molar-refractivity contribution < 1.29 is 26.3 Å². The summed E-state index contributed by atoms with van der Waals surface area (Å²) < 4.78 is 68.0. The number of halogens is 6. The number of benzene rings is 1. The molecule has 1 rings (SSSR count). The van der Waals surface area contributed by atoms with Gasteiger partial charge in [-0.3, -0.25) is 0 Å². The van der Waals surface area contributed by atoms with Crippen molar-refractivity contribution in [1.29, 1.82) is 0 Å². The first-order chi connectivity index (χ1) is 9.04. The highest BCUT2D eigenvalue weighted by Gasteiger charge is 2.38. The molecule has 1 aromatic rings. The third-order valence-electron chi connectivity index (χ3n) is 1.85. The summed E-state index contributed by atoms with van der Waals surface area (Å²) in [5, 5.41) is 0. The SMILES string of the molecule is O=S(=O)([N-]CCOc1c(I)cc(I)cc1I)C(F)(F)F. The van der Waals surface area contributed by atoms with Crippen molar-refractivity contribution in [3.8, 4) is 5.75 Å². The second kappa shape index (κ2) is 7.45. The molecule has 0 spiro atoms. The van der Waals surface area contributed by atoms with E-state index in [1.165, 1.54) is 0 Å². The van der Waals surface area contributed by atoms with Crippen molar-refractivity contribution >= 4 is 77.8 Å². The van der Waals surface area contributed by atoms with Crippen LogP contribution in [0.1, 0.15) is 0 Å². The van der Waals surface area contributed by atoms with Gasteiger partial charge in [0, 0.05) is 3.57 Å². The molecule has 1 aromatic carbocycles. The maximum atomic E-state index is 12.0. The van der Waals surface area contributed by atoms with Crippen LogP contribution in [-0.2, 0) is 10.0 Å². The van der Waals surface area contributed by atoms with E-state index < -0.39 is 22.1 Å². The van der Waals surface area contributed by atoms with Crippen molar-refractivity contribution in [2.75, 3.05) is 13.2 Å². The molecular formula is C9H6F3I3NO3S-. The van der Waals surface area contributed by atoms with Gasteiger partial charge in [-0.1, -0.05) is 0 Å². The third kappa shape index (κ3) is 5.28. The zero-order valence-electron chi connectivity index (χ0n) is 9.42. The lowest BCUT2D eigenvalue weighted by Crippen LogP contribution is -2.23. The molecule has 0 unspecified atom stereocenters. The van der Waals surface area contributed by atoms with Gasteiger partial charge in [0.2, 0.25) is 0 Å². The molecule has 11 heteroatoms. The Kier molecular flexibility index (Phi) is 7.06. The van der Waals surface area contributed by atoms with Gasteiger partial charge in [0.05, 0.1) is 13.7 Å². The van der Waals surface area contributed by atoms with Gasteiger partial charge < -0.3 is 9.46 Å². The number of rotatable bonds is 5. The summed E-state index contributed by atoms with van der Waals surface area (Å²) in [5.74, 6) is 0.506. The van der Waals surface area contributed by atoms with Gasteiger partial charge in [-0.05, 0) is 79.9 Å². The minimum atomic E-state index is -5.44. The van der Waals surface area contributed by atoms with Crippen LogP contribution in [-0.4, -0.2) is 27.1 Å². The molecule has 0 aromatic heterocycles. The highest BCUT2D eigenvalue weighted by molar-refractivity contribution is 14.1. The van der Waals surface area contributed by atoms with Crippen LogP contribution in [0.2, 0.25) is 0 Å². The number of sulfonamides is 1. The normalized spacial score (nSPS) is 12.5. The number of hydrogen-bond acceptors (Lipinski definition) is 3. The van der Waals surface area contributed by atoms with Crippen molar-refractivity contribution in [1.82, 2.24) is 0 Å². The molecule has 0 radical (unpaired) electrons. The Labute approximate surface area is 154 Å². The van der Waals surface area contributed by atoms with E-state index in [0.717, 1.165) is 10.7 Å². The van der Waals surface area contributed by atoms with E-state index in [-0.39, 0.29) is 6.61 Å². The number of alkyl halides is 3. The van der Waals surface area contributed by atoms with Gasteiger partial charge >= 0.3 is 5.51 Å². The highest BCUT2D eigenvalue weighted by atomic mass is 127. The van der Waals surface area contributed by atoms with Crippen LogP contribution in [0, 0.1) is 10.7 Å². The number of hydrogen-bond donors (Lipinski definition) is 0. The Hall–Kier alpha value is 0.910. The summed E-state index contributed by atoms with van der Waals surface area (Å²) in [6.07, 6.45) is 0. The topological polar surface area (TPSA) is 57.5 Å². The Morgan fingerprint density at radius 2 is 1.65 bits per heavy atom. The van der Waals surface area contributed by atoms with Crippen LogP contribution >= 0.6 is 67.8 Å². The predicted molar refractivity (Wildman–Crippen MR) is 93.3 cm³/mol. The Bertz CT molecular complexity index is 569. The van der Waals surface area contributed by atoms with Gasteiger partial charge in [-0.2, -0.15) is 13.2 Å². The van der Waals surface area contributed by atoms with Gasteiger partial charge in [0.1, 0.15) is 5.75 Å². The molecule has 0 heterocycles. The first-order valence-electron chi connectivity index (χ1n) is 4.82. The summed E-state index contributed by atoms with van der Waals surface area (Å²) in [6, 6.07) is 3.67. The molecule has 0 aliphatic rings. The molecule has 0 atom stereocenters. The fraction of sp³-hybridized carbons (Fsp3) is 0.333. The molecule has 0 fully saturated rings. The Morgan fingerprint density at radius 3 is 2.10 bits per heavy atom. The van der Waals surface area contributed by atoms with E-state index in [2.05, 4.69) is 27.3 Å². The summed E-state index contributed by atoms with van der Waals surface area (Å²) >= 11 is 6.18. The fourth-order valence-corrected chi connectivity index (χ4v) is 5.40. The number of nitrogens with zero attached hydrogens (tertiary/aromatic N) is 1. The predicted octanol–water partition coefficient (Wildman–Crippen LogP) is 4.10. The summed E-state index contributed by atoms with van der Waals surface area (Å²) in [7, 11) is -5.44. The van der Waals surface area contributed by atoms with Gasteiger partial charge in [0.15, 0.2) is 10.0 Å².